The standard InChI is InChI=1S/C50H61ClN10O7S/c1-30(32-6-8-33(9-7-32)44-31(2)55-29-69-44)56-46(64)42-22-38(62)27-60(42)48(66)45(50(3,4)5)57-43(63)28-67-19-18-58-14-16-59(17-15-58)49-53-25-35(26-54-49)47(65)61-36-11-12-37(61)21-40(20-36)68-39-13-10-34(24-52)41(51)23-39/h6-10,13,23,25-26,29-30,36-38,40,42,45,62H,11-12,14-22,27-28H2,1-5H3,(H,56,64)(H,57,63)/t30-,36-,37+,38+,40?,42+,45+/m0/s1. The normalized spacial score (nSPS) is 22.5. The van der Waals surface area contributed by atoms with Crippen LogP contribution in [0.2, 0.25) is 5.02 Å². The summed E-state index contributed by atoms with van der Waals surface area (Å²) < 4.78 is 12.0. The number of nitriles is 1. The molecule has 4 aliphatic rings. The summed E-state index contributed by atoms with van der Waals surface area (Å²) in [4.78, 5) is 77.1. The fraction of sp³-hybridized carbons (Fsp3) is 0.520. The van der Waals surface area contributed by atoms with E-state index in [1.54, 1.807) is 41.9 Å². The van der Waals surface area contributed by atoms with Gasteiger partial charge in [0.2, 0.25) is 23.7 Å². The number of nitrogens with one attached hydrogen (secondary N) is 2. The molecule has 17 nitrogen and oxygen atoms in total. The molecule has 0 saturated carbocycles. The Morgan fingerprint density at radius 3 is 2.29 bits per heavy atom. The van der Waals surface area contributed by atoms with E-state index in [9.17, 15) is 29.5 Å². The molecule has 8 rings (SSSR count). The molecular weight excluding hydrogens is 920 g/mol. The van der Waals surface area contributed by atoms with Crippen molar-refractivity contribution in [1.82, 2.24) is 40.3 Å². The maximum absolute atomic E-state index is 14.1. The predicted molar refractivity (Wildman–Crippen MR) is 261 cm³/mol. The van der Waals surface area contributed by atoms with Crippen LogP contribution in [0.15, 0.2) is 60.4 Å². The van der Waals surface area contributed by atoms with E-state index in [0.29, 0.717) is 66.9 Å². The van der Waals surface area contributed by atoms with Crippen LogP contribution in [0, 0.1) is 23.7 Å². The SMILES string of the molecule is Cc1ncsc1-c1ccc([C@H](C)NC(=O)[C@H]2C[C@@H](O)CN2C(=O)[C@@H](NC(=O)COCCN2CCN(c3ncc(C(=O)N4[C@@H]5CC[C@H]4CC(Oc4ccc(C#N)c(Cl)c4)C5)cn3)CC2)C(C)(C)C)cc1. The van der Waals surface area contributed by atoms with Crippen molar-refractivity contribution in [2.45, 2.75) is 109 Å². The van der Waals surface area contributed by atoms with Gasteiger partial charge in [0.1, 0.15) is 36.6 Å². The lowest BCUT2D eigenvalue weighted by molar-refractivity contribution is -0.144. The predicted octanol–water partition coefficient (Wildman–Crippen LogP) is 5.16. The third-order valence-electron chi connectivity index (χ3n) is 13.7. The van der Waals surface area contributed by atoms with Gasteiger partial charge in [0, 0.05) is 89.1 Å². The number of piperazine rings is 1. The lowest BCUT2D eigenvalue weighted by Gasteiger charge is -2.39. The molecule has 0 aliphatic carbocycles. The van der Waals surface area contributed by atoms with E-state index in [1.165, 1.54) is 4.90 Å². The van der Waals surface area contributed by atoms with Crippen LogP contribution in [0.3, 0.4) is 0 Å². The van der Waals surface area contributed by atoms with E-state index in [4.69, 9.17) is 21.1 Å². The summed E-state index contributed by atoms with van der Waals surface area (Å²) in [6.45, 7) is 12.8. The number of thiazole rings is 1. The lowest BCUT2D eigenvalue weighted by Crippen LogP contribution is -2.58. The third kappa shape index (κ3) is 11.7. The van der Waals surface area contributed by atoms with Crippen molar-refractivity contribution in [2.24, 2.45) is 5.41 Å². The van der Waals surface area contributed by atoms with Crippen molar-refractivity contribution in [1.29, 1.82) is 5.26 Å². The molecule has 2 aromatic carbocycles. The van der Waals surface area contributed by atoms with Gasteiger partial charge in [-0.05, 0) is 55.4 Å². The van der Waals surface area contributed by atoms with Crippen LogP contribution in [-0.2, 0) is 19.1 Å². The van der Waals surface area contributed by atoms with Crippen LogP contribution in [-0.4, -0.2) is 147 Å². The molecule has 4 fully saturated rings. The van der Waals surface area contributed by atoms with Crippen LogP contribution in [0.25, 0.3) is 10.4 Å². The zero-order chi connectivity index (χ0) is 49.0. The fourth-order valence-corrected chi connectivity index (χ4v) is 10.9. The Balaban J connectivity index is 0.756. The van der Waals surface area contributed by atoms with Crippen molar-refractivity contribution < 1.29 is 33.8 Å². The molecule has 4 saturated heterocycles. The van der Waals surface area contributed by atoms with Gasteiger partial charge in [-0.1, -0.05) is 56.6 Å². The molecule has 4 aromatic rings. The second-order valence-corrected chi connectivity index (χ2v) is 20.9. The highest BCUT2D eigenvalue weighted by molar-refractivity contribution is 7.13. The number of ether oxygens (including phenoxy) is 2. The van der Waals surface area contributed by atoms with Gasteiger partial charge in [0.05, 0.1) is 51.0 Å². The minimum absolute atomic E-state index is 0.0185. The smallest absolute Gasteiger partial charge is 0.257 e. The van der Waals surface area contributed by atoms with E-state index in [-0.39, 0.29) is 55.6 Å². The molecule has 7 atom stereocenters. The zero-order valence-electron chi connectivity index (χ0n) is 39.8. The number of fused-ring (bicyclic) bond motifs is 2. The maximum Gasteiger partial charge on any atom is 0.257 e. The summed E-state index contributed by atoms with van der Waals surface area (Å²) in [5, 5.41) is 26.1. The Labute approximate surface area is 412 Å². The first kappa shape index (κ1) is 49.7. The van der Waals surface area contributed by atoms with Crippen molar-refractivity contribution in [3.8, 4) is 22.3 Å². The Hall–Kier alpha value is -5.71. The summed E-state index contributed by atoms with van der Waals surface area (Å²) in [5.41, 5.74) is 4.88. The summed E-state index contributed by atoms with van der Waals surface area (Å²) in [5.74, 6) is -0.141. The van der Waals surface area contributed by atoms with Gasteiger partial charge in [0.25, 0.3) is 5.91 Å². The number of amides is 4. The molecule has 3 N–H and O–H groups in total. The number of likely N-dealkylation sites (tertiary alicyclic amines) is 1. The molecule has 69 heavy (non-hydrogen) atoms. The average molecular weight is 982 g/mol. The number of hydrogen-bond donors (Lipinski definition) is 3. The Morgan fingerprint density at radius 2 is 1.67 bits per heavy atom. The number of aliphatic hydroxyl groups excluding tert-OH is 1. The van der Waals surface area contributed by atoms with Gasteiger partial charge in [-0.25, -0.2) is 15.0 Å². The van der Waals surface area contributed by atoms with Crippen LogP contribution in [0.5, 0.6) is 5.75 Å². The summed E-state index contributed by atoms with van der Waals surface area (Å²) in [6, 6.07) is 13.0. The van der Waals surface area contributed by atoms with Gasteiger partial charge in [-0.3, -0.25) is 24.1 Å². The van der Waals surface area contributed by atoms with Gasteiger partial charge in [0.15, 0.2) is 0 Å². The number of hydrogen-bond acceptors (Lipinski definition) is 14. The maximum atomic E-state index is 14.1. The first-order valence-electron chi connectivity index (χ1n) is 23.7. The first-order chi connectivity index (χ1) is 33.1. The first-order valence-corrected chi connectivity index (χ1v) is 25.0. The van der Waals surface area contributed by atoms with Gasteiger partial charge in [-0.15, -0.1) is 11.3 Å². The molecule has 2 aromatic heterocycles. The molecule has 0 radical (unpaired) electrons. The number of aliphatic hydroxyl groups is 1. The molecule has 6 heterocycles. The lowest BCUT2D eigenvalue weighted by atomic mass is 9.85. The van der Waals surface area contributed by atoms with Gasteiger partial charge >= 0.3 is 0 Å². The quantitative estimate of drug-likeness (QED) is 0.132. The topological polar surface area (TPSA) is 206 Å². The Bertz CT molecular complexity index is 2510. The molecule has 2 bridgehead atoms. The number of benzene rings is 2. The number of halogens is 1. The molecule has 366 valence electrons. The van der Waals surface area contributed by atoms with Crippen molar-refractivity contribution >= 4 is 52.5 Å². The second kappa shape index (κ2) is 21.5. The minimum atomic E-state index is -0.965. The number of aryl methyl sites for hydroxylation is 1. The van der Waals surface area contributed by atoms with E-state index >= 15 is 0 Å². The molecule has 19 heteroatoms. The number of β-amino-alcohol motifs (C(OH)–C–C–N with tert-alkyl or cyclic N) is 1. The zero-order valence-corrected chi connectivity index (χ0v) is 41.3. The van der Waals surface area contributed by atoms with E-state index in [1.807, 2.05) is 69.3 Å². The number of aromatic nitrogens is 3. The number of anilines is 1. The molecule has 0 spiro atoms. The molecular formula is C50H61ClN10O7S. The minimum Gasteiger partial charge on any atom is -0.490 e. The Morgan fingerprint density at radius 1 is 0.971 bits per heavy atom. The summed E-state index contributed by atoms with van der Waals surface area (Å²) in [6.07, 6.45) is 5.63. The number of nitrogens with zero attached hydrogens (tertiary/aromatic N) is 8. The molecule has 4 amide bonds. The van der Waals surface area contributed by atoms with Crippen molar-refractivity contribution in [2.75, 3.05) is 57.4 Å². The van der Waals surface area contributed by atoms with E-state index in [0.717, 1.165) is 47.6 Å². The largest absolute Gasteiger partial charge is 0.490 e. The number of piperidine rings is 1. The Kier molecular flexibility index (Phi) is 15.5. The van der Waals surface area contributed by atoms with Gasteiger partial charge in [-0.2, -0.15) is 5.26 Å². The van der Waals surface area contributed by atoms with Crippen molar-refractivity contribution in [3.63, 3.8) is 0 Å². The number of rotatable bonds is 15. The highest BCUT2D eigenvalue weighted by Gasteiger charge is 2.46. The fourth-order valence-electron chi connectivity index (χ4n) is 9.90. The number of carbonyl (C=O) groups excluding carboxylic acids is 4. The summed E-state index contributed by atoms with van der Waals surface area (Å²) in [7, 11) is 0. The van der Waals surface area contributed by atoms with E-state index in [2.05, 4.69) is 41.5 Å². The van der Waals surface area contributed by atoms with Crippen LogP contribution in [0.4, 0.5) is 5.95 Å². The molecule has 1 unspecified atom stereocenters. The van der Waals surface area contributed by atoms with E-state index < -0.39 is 35.4 Å². The third-order valence-corrected chi connectivity index (χ3v) is 15.0. The van der Waals surface area contributed by atoms with Crippen LogP contribution in [0.1, 0.15) is 93.0 Å². The van der Waals surface area contributed by atoms with Gasteiger partial charge < -0.3 is 39.9 Å². The second-order valence-electron chi connectivity index (χ2n) is 19.6. The molecule has 4 aliphatic heterocycles. The highest BCUT2D eigenvalue weighted by atomic mass is 35.5. The number of carbonyl (C=O) groups is 4. The average Bonchev–Trinajstić information content (AvgIpc) is 4.03. The summed E-state index contributed by atoms with van der Waals surface area (Å²) >= 11 is 7.79. The van der Waals surface area contributed by atoms with Crippen LogP contribution < -0.4 is 20.3 Å². The van der Waals surface area contributed by atoms with Crippen LogP contribution >= 0.6 is 22.9 Å². The van der Waals surface area contributed by atoms with Crippen molar-refractivity contribution in [3.05, 3.63) is 87.8 Å². The monoisotopic (exact) mass is 980 g/mol. The highest BCUT2D eigenvalue weighted by Crippen LogP contribution is 2.39.